The van der Waals surface area contributed by atoms with E-state index in [1.54, 1.807) is 20.0 Å². The minimum absolute atomic E-state index is 0.199. The number of anilines is 1. The highest BCUT2D eigenvalue weighted by molar-refractivity contribution is 6.05. The maximum absolute atomic E-state index is 12.2. The van der Waals surface area contributed by atoms with Gasteiger partial charge in [-0.2, -0.15) is 0 Å². The van der Waals surface area contributed by atoms with Gasteiger partial charge in [0.2, 0.25) is 5.56 Å². The van der Waals surface area contributed by atoms with Crippen LogP contribution < -0.4 is 10.5 Å². The maximum Gasteiger partial charge on any atom is 0.258 e. The number of para-hydroxylation sites is 1. The first-order chi connectivity index (χ1) is 8.58. The Morgan fingerprint density at radius 3 is 2.44 bits per heavy atom. The predicted molar refractivity (Wildman–Crippen MR) is 71.0 cm³/mol. The molecule has 1 N–H and O–H groups in total. The Morgan fingerprint density at radius 1 is 1.17 bits per heavy atom. The zero-order chi connectivity index (χ0) is 13.1. The Balaban J connectivity index is 2.34. The van der Waals surface area contributed by atoms with Gasteiger partial charge in [-0.3, -0.25) is 9.59 Å². The van der Waals surface area contributed by atoms with Gasteiger partial charge in [0.15, 0.2) is 0 Å². The summed E-state index contributed by atoms with van der Waals surface area (Å²) in [5, 5.41) is 0. The molecule has 1 aromatic heterocycles. The highest BCUT2D eigenvalue weighted by atomic mass is 16.2. The predicted octanol–water partition coefficient (Wildman–Crippen LogP) is 1.96. The highest BCUT2D eigenvalue weighted by Gasteiger charge is 2.13. The first kappa shape index (κ1) is 12.1. The first-order valence-corrected chi connectivity index (χ1v) is 5.62. The molecule has 4 heteroatoms. The van der Waals surface area contributed by atoms with Gasteiger partial charge in [-0.15, -0.1) is 0 Å². The van der Waals surface area contributed by atoms with Crippen molar-refractivity contribution in [2.45, 2.75) is 6.92 Å². The van der Waals surface area contributed by atoms with Gasteiger partial charge in [-0.25, -0.2) is 0 Å². The third-order valence-corrected chi connectivity index (χ3v) is 2.67. The van der Waals surface area contributed by atoms with Crippen molar-refractivity contribution in [3.63, 3.8) is 0 Å². The number of hydrogen-bond donors (Lipinski definition) is 1. The minimum Gasteiger partial charge on any atom is -0.326 e. The lowest BCUT2D eigenvalue weighted by Gasteiger charge is -2.17. The van der Waals surface area contributed by atoms with Gasteiger partial charge < -0.3 is 9.88 Å². The van der Waals surface area contributed by atoms with Crippen molar-refractivity contribution < 1.29 is 4.79 Å². The summed E-state index contributed by atoms with van der Waals surface area (Å²) in [6.45, 7) is 1.75. The lowest BCUT2D eigenvalue weighted by Crippen LogP contribution is -2.27. The first-order valence-electron chi connectivity index (χ1n) is 5.62. The van der Waals surface area contributed by atoms with Gasteiger partial charge in [-0.05, 0) is 25.1 Å². The molecule has 1 aromatic carbocycles. The topological polar surface area (TPSA) is 53.2 Å². The molecule has 0 fully saturated rings. The van der Waals surface area contributed by atoms with Crippen LogP contribution in [-0.4, -0.2) is 17.9 Å². The summed E-state index contributed by atoms with van der Waals surface area (Å²) in [6, 6.07) is 12.3. The minimum atomic E-state index is -0.264. The van der Waals surface area contributed by atoms with Gasteiger partial charge >= 0.3 is 0 Å². The van der Waals surface area contributed by atoms with E-state index < -0.39 is 0 Å². The van der Waals surface area contributed by atoms with Crippen LogP contribution in [0.25, 0.3) is 0 Å². The Kier molecular flexibility index (Phi) is 3.28. The largest absolute Gasteiger partial charge is 0.326 e. The number of pyridine rings is 1. The van der Waals surface area contributed by atoms with Crippen molar-refractivity contribution in [3.8, 4) is 0 Å². The number of aryl methyl sites for hydroxylation is 1. The van der Waals surface area contributed by atoms with E-state index in [4.69, 9.17) is 0 Å². The lowest BCUT2D eigenvalue weighted by molar-refractivity contribution is 0.0992. The van der Waals surface area contributed by atoms with Crippen molar-refractivity contribution in [2.75, 3.05) is 11.9 Å². The van der Waals surface area contributed by atoms with Crippen LogP contribution >= 0.6 is 0 Å². The van der Waals surface area contributed by atoms with Crippen LogP contribution in [0.5, 0.6) is 0 Å². The SMILES string of the molecule is Cc1cc(C(=O)N(C)c2ccccc2)cc(=O)[nH]1. The Bertz CT molecular complexity index is 617. The third kappa shape index (κ3) is 2.48. The van der Waals surface area contributed by atoms with Gasteiger partial charge in [0.25, 0.3) is 5.91 Å². The van der Waals surface area contributed by atoms with Gasteiger partial charge in [-0.1, -0.05) is 18.2 Å². The Morgan fingerprint density at radius 2 is 1.83 bits per heavy atom. The molecule has 0 radical (unpaired) electrons. The average molecular weight is 242 g/mol. The van der Waals surface area contributed by atoms with Crippen molar-refractivity contribution in [2.24, 2.45) is 0 Å². The summed E-state index contributed by atoms with van der Waals surface area (Å²) in [5.74, 6) is -0.199. The summed E-state index contributed by atoms with van der Waals surface area (Å²) < 4.78 is 0. The average Bonchev–Trinajstić information content (AvgIpc) is 2.37. The van der Waals surface area contributed by atoms with E-state index in [-0.39, 0.29) is 11.5 Å². The molecule has 2 rings (SSSR count). The fraction of sp³-hybridized carbons (Fsp3) is 0.143. The van der Waals surface area contributed by atoms with Gasteiger partial charge in [0, 0.05) is 30.1 Å². The summed E-state index contributed by atoms with van der Waals surface area (Å²) in [5.41, 5.74) is 1.59. The van der Waals surface area contributed by atoms with Crippen LogP contribution in [0.3, 0.4) is 0 Å². The number of aromatic nitrogens is 1. The standard InChI is InChI=1S/C14H14N2O2/c1-10-8-11(9-13(17)15-10)14(18)16(2)12-6-4-3-5-7-12/h3-9H,1-2H3,(H,15,17). The fourth-order valence-corrected chi connectivity index (χ4v) is 1.77. The van der Waals surface area contributed by atoms with Crippen LogP contribution in [0.15, 0.2) is 47.3 Å². The molecule has 0 aliphatic heterocycles. The molecule has 0 spiro atoms. The number of carbonyl (C=O) groups is 1. The van der Waals surface area contributed by atoms with Gasteiger partial charge in [0.05, 0.1) is 0 Å². The fourth-order valence-electron chi connectivity index (χ4n) is 1.77. The molecule has 0 bridgehead atoms. The smallest absolute Gasteiger partial charge is 0.258 e. The number of H-pyrrole nitrogens is 1. The molecule has 0 saturated carbocycles. The highest BCUT2D eigenvalue weighted by Crippen LogP contribution is 2.14. The number of nitrogens with zero attached hydrogens (tertiary/aromatic N) is 1. The molecule has 0 aliphatic rings. The van der Waals surface area contributed by atoms with Crippen molar-refractivity contribution in [1.82, 2.24) is 4.98 Å². The molecule has 1 heterocycles. The van der Waals surface area contributed by atoms with Crippen molar-refractivity contribution >= 4 is 11.6 Å². The molecule has 0 aliphatic carbocycles. The van der Waals surface area contributed by atoms with E-state index >= 15 is 0 Å². The summed E-state index contributed by atoms with van der Waals surface area (Å²) in [7, 11) is 1.69. The summed E-state index contributed by atoms with van der Waals surface area (Å²) in [6.07, 6.45) is 0. The van der Waals surface area contributed by atoms with E-state index in [9.17, 15) is 9.59 Å². The van der Waals surface area contributed by atoms with Crippen LogP contribution in [0.4, 0.5) is 5.69 Å². The monoisotopic (exact) mass is 242 g/mol. The zero-order valence-corrected chi connectivity index (χ0v) is 10.3. The normalized spacial score (nSPS) is 10.1. The quantitative estimate of drug-likeness (QED) is 0.875. The van der Waals surface area contributed by atoms with Crippen LogP contribution in [0.1, 0.15) is 16.1 Å². The van der Waals surface area contributed by atoms with E-state index in [2.05, 4.69) is 4.98 Å². The Labute approximate surface area is 105 Å². The number of rotatable bonds is 2. The van der Waals surface area contributed by atoms with Crippen LogP contribution in [0, 0.1) is 6.92 Å². The molecule has 0 saturated heterocycles. The van der Waals surface area contributed by atoms with Crippen molar-refractivity contribution in [3.05, 3.63) is 64.1 Å². The second-order valence-electron chi connectivity index (χ2n) is 4.12. The van der Waals surface area contributed by atoms with Crippen molar-refractivity contribution in [1.29, 1.82) is 0 Å². The molecule has 1 amide bonds. The number of nitrogens with one attached hydrogen (secondary N) is 1. The third-order valence-electron chi connectivity index (χ3n) is 2.67. The maximum atomic E-state index is 12.2. The molecule has 4 nitrogen and oxygen atoms in total. The van der Waals surface area contributed by atoms with E-state index in [1.807, 2.05) is 30.3 Å². The second kappa shape index (κ2) is 4.87. The summed E-state index contributed by atoms with van der Waals surface area (Å²) in [4.78, 5) is 27.7. The van der Waals surface area contributed by atoms with E-state index in [0.29, 0.717) is 11.3 Å². The molecule has 18 heavy (non-hydrogen) atoms. The van der Waals surface area contributed by atoms with Crippen LogP contribution in [-0.2, 0) is 0 Å². The lowest BCUT2D eigenvalue weighted by atomic mass is 10.2. The number of aromatic amines is 1. The van der Waals surface area contributed by atoms with Crippen LogP contribution in [0.2, 0.25) is 0 Å². The second-order valence-corrected chi connectivity index (χ2v) is 4.12. The number of amides is 1. The molecule has 0 unspecified atom stereocenters. The molecular formula is C14H14N2O2. The van der Waals surface area contributed by atoms with E-state index in [1.165, 1.54) is 11.0 Å². The molecule has 0 atom stereocenters. The van der Waals surface area contributed by atoms with E-state index in [0.717, 1.165) is 5.69 Å². The Hall–Kier alpha value is -2.36. The molecule has 92 valence electrons. The van der Waals surface area contributed by atoms with Gasteiger partial charge in [0.1, 0.15) is 0 Å². The summed E-state index contributed by atoms with van der Waals surface area (Å²) >= 11 is 0. The molecule has 2 aromatic rings. The number of hydrogen-bond acceptors (Lipinski definition) is 2. The number of benzene rings is 1. The zero-order valence-electron chi connectivity index (χ0n) is 10.3. The molecular weight excluding hydrogens is 228 g/mol. The number of carbonyl (C=O) groups excluding carboxylic acids is 1.